The first-order chi connectivity index (χ1) is 9.13. The van der Waals surface area contributed by atoms with Gasteiger partial charge in [-0.05, 0) is 42.5 Å². The number of hydrogen-bond donors (Lipinski definition) is 1. The van der Waals surface area contributed by atoms with Gasteiger partial charge in [-0.3, -0.25) is 4.79 Å². The summed E-state index contributed by atoms with van der Waals surface area (Å²) in [6.07, 6.45) is 6.72. The molecule has 1 aliphatic rings. The van der Waals surface area contributed by atoms with E-state index >= 15 is 0 Å². The van der Waals surface area contributed by atoms with E-state index in [1.807, 2.05) is 0 Å². The summed E-state index contributed by atoms with van der Waals surface area (Å²) in [5.74, 6) is -0.0409. The molecule has 0 unspecified atom stereocenters. The molecule has 1 aliphatic carbocycles. The third-order valence-corrected chi connectivity index (χ3v) is 4.23. The second kappa shape index (κ2) is 6.29. The number of rotatable bonds is 5. The predicted octanol–water partition coefficient (Wildman–Crippen LogP) is 3.24. The monoisotopic (exact) mass is 263 g/mol. The fourth-order valence-electron chi connectivity index (χ4n) is 3.07. The van der Waals surface area contributed by atoms with Crippen LogP contribution in [0.25, 0.3) is 0 Å². The summed E-state index contributed by atoms with van der Waals surface area (Å²) in [6.45, 7) is 0.599. The molecule has 0 saturated heterocycles. The molecule has 19 heavy (non-hydrogen) atoms. The smallest absolute Gasteiger partial charge is 0.137 e. The van der Waals surface area contributed by atoms with E-state index in [1.54, 1.807) is 12.1 Å². The molecule has 0 aromatic heterocycles. The van der Waals surface area contributed by atoms with Crippen molar-refractivity contribution in [3.05, 3.63) is 35.6 Å². The van der Waals surface area contributed by atoms with E-state index in [2.05, 4.69) is 0 Å². The van der Waals surface area contributed by atoms with Gasteiger partial charge in [-0.15, -0.1) is 0 Å². The minimum Gasteiger partial charge on any atom is -0.330 e. The van der Waals surface area contributed by atoms with Gasteiger partial charge in [0.05, 0.1) is 0 Å². The predicted molar refractivity (Wildman–Crippen MR) is 74.3 cm³/mol. The van der Waals surface area contributed by atoms with Crippen LogP contribution in [0, 0.1) is 11.2 Å². The van der Waals surface area contributed by atoms with E-state index in [9.17, 15) is 9.18 Å². The molecule has 0 heterocycles. The van der Waals surface area contributed by atoms with Crippen molar-refractivity contribution < 1.29 is 9.18 Å². The maximum Gasteiger partial charge on any atom is 0.137 e. The average molecular weight is 263 g/mol. The van der Waals surface area contributed by atoms with Crippen LogP contribution >= 0.6 is 0 Å². The summed E-state index contributed by atoms with van der Waals surface area (Å²) >= 11 is 0. The normalized spacial score (nSPS) is 18.2. The first-order valence-electron chi connectivity index (χ1n) is 7.10. The van der Waals surface area contributed by atoms with Crippen LogP contribution in [0.4, 0.5) is 4.39 Å². The van der Waals surface area contributed by atoms with Crippen molar-refractivity contribution in [1.82, 2.24) is 0 Å². The van der Waals surface area contributed by atoms with Crippen molar-refractivity contribution in [2.24, 2.45) is 11.1 Å². The molecular formula is C16H22FNO. The highest BCUT2D eigenvalue weighted by atomic mass is 19.1. The van der Waals surface area contributed by atoms with Gasteiger partial charge in [0.1, 0.15) is 11.6 Å². The summed E-state index contributed by atoms with van der Waals surface area (Å²) in [6, 6.07) is 6.18. The maximum atomic E-state index is 12.8. The molecule has 0 atom stereocenters. The third kappa shape index (κ3) is 3.87. The summed E-state index contributed by atoms with van der Waals surface area (Å²) < 4.78 is 12.8. The lowest BCUT2D eigenvalue weighted by Crippen LogP contribution is -2.35. The van der Waals surface area contributed by atoms with Gasteiger partial charge in [-0.25, -0.2) is 4.39 Å². The van der Waals surface area contributed by atoms with E-state index in [-0.39, 0.29) is 17.0 Å². The molecule has 0 amide bonds. The number of benzene rings is 1. The van der Waals surface area contributed by atoms with E-state index in [0.717, 1.165) is 18.4 Å². The minimum absolute atomic E-state index is 0.0232. The lowest BCUT2D eigenvalue weighted by atomic mass is 9.70. The Morgan fingerprint density at radius 3 is 2.37 bits per heavy atom. The van der Waals surface area contributed by atoms with Crippen molar-refractivity contribution in [2.75, 3.05) is 6.54 Å². The van der Waals surface area contributed by atoms with Gasteiger partial charge in [0, 0.05) is 12.8 Å². The van der Waals surface area contributed by atoms with Gasteiger partial charge in [0.25, 0.3) is 0 Å². The molecule has 1 fully saturated rings. The molecule has 104 valence electrons. The number of carbonyl (C=O) groups is 1. The molecule has 0 aliphatic heterocycles. The fraction of sp³-hybridized carbons (Fsp3) is 0.562. The average Bonchev–Trinajstić information content (AvgIpc) is 2.42. The molecule has 3 heteroatoms. The van der Waals surface area contributed by atoms with E-state index in [1.165, 1.54) is 31.4 Å². The Hall–Kier alpha value is -1.22. The van der Waals surface area contributed by atoms with Crippen LogP contribution in [-0.4, -0.2) is 12.3 Å². The van der Waals surface area contributed by atoms with Crippen molar-refractivity contribution in [2.45, 2.75) is 44.9 Å². The molecule has 0 spiro atoms. The van der Waals surface area contributed by atoms with Gasteiger partial charge in [0.2, 0.25) is 0 Å². The van der Waals surface area contributed by atoms with Crippen LogP contribution in [0.3, 0.4) is 0 Å². The molecule has 2 N–H and O–H groups in total. The van der Waals surface area contributed by atoms with Crippen molar-refractivity contribution in [1.29, 1.82) is 0 Å². The van der Waals surface area contributed by atoms with E-state index in [4.69, 9.17) is 5.73 Å². The lowest BCUT2D eigenvalue weighted by molar-refractivity contribution is -0.121. The maximum absolute atomic E-state index is 12.8. The third-order valence-electron chi connectivity index (χ3n) is 4.23. The second-order valence-corrected chi connectivity index (χ2v) is 5.78. The van der Waals surface area contributed by atoms with Crippen LogP contribution in [0.5, 0.6) is 0 Å². The largest absolute Gasteiger partial charge is 0.330 e. The van der Waals surface area contributed by atoms with Crippen LogP contribution in [-0.2, 0) is 11.2 Å². The molecule has 0 bridgehead atoms. The number of Topliss-reactive ketones (excluding diaryl/α,β-unsaturated/α-hetero) is 1. The van der Waals surface area contributed by atoms with Gasteiger partial charge in [-0.1, -0.05) is 31.4 Å². The SMILES string of the molecule is NCC1(CC(=O)Cc2ccc(F)cc2)CCCCC1. The molecule has 2 nitrogen and oxygen atoms in total. The number of hydrogen-bond acceptors (Lipinski definition) is 2. The van der Waals surface area contributed by atoms with Crippen LogP contribution in [0.1, 0.15) is 44.1 Å². The van der Waals surface area contributed by atoms with Crippen molar-refractivity contribution in [3.8, 4) is 0 Å². The Morgan fingerprint density at radius 2 is 1.79 bits per heavy atom. The summed E-state index contributed by atoms with van der Waals surface area (Å²) in [4.78, 5) is 12.2. The summed E-state index contributed by atoms with van der Waals surface area (Å²) in [5.41, 5.74) is 6.80. The number of nitrogens with two attached hydrogens (primary N) is 1. The highest BCUT2D eigenvalue weighted by molar-refractivity contribution is 5.81. The second-order valence-electron chi connectivity index (χ2n) is 5.78. The topological polar surface area (TPSA) is 43.1 Å². The highest BCUT2D eigenvalue weighted by Gasteiger charge is 2.32. The highest BCUT2D eigenvalue weighted by Crippen LogP contribution is 2.38. The zero-order valence-electron chi connectivity index (χ0n) is 11.3. The van der Waals surface area contributed by atoms with Crippen molar-refractivity contribution in [3.63, 3.8) is 0 Å². The quantitative estimate of drug-likeness (QED) is 0.886. The standard InChI is InChI=1S/C16H22FNO/c17-14-6-4-13(5-7-14)10-15(19)11-16(12-18)8-2-1-3-9-16/h4-7H,1-3,8-12,18H2. The van der Waals surface area contributed by atoms with E-state index < -0.39 is 0 Å². The Balaban J connectivity index is 1.94. The lowest BCUT2D eigenvalue weighted by Gasteiger charge is -2.35. The minimum atomic E-state index is -0.262. The van der Waals surface area contributed by atoms with Gasteiger partial charge < -0.3 is 5.73 Å². The van der Waals surface area contributed by atoms with E-state index in [0.29, 0.717) is 19.4 Å². The first-order valence-corrected chi connectivity index (χ1v) is 7.10. The van der Waals surface area contributed by atoms with Crippen LogP contribution < -0.4 is 5.73 Å². The fourth-order valence-corrected chi connectivity index (χ4v) is 3.07. The van der Waals surface area contributed by atoms with Gasteiger partial charge in [0.15, 0.2) is 0 Å². The summed E-state index contributed by atoms with van der Waals surface area (Å²) in [7, 11) is 0. The molecule has 1 aromatic rings. The van der Waals surface area contributed by atoms with Crippen LogP contribution in [0.15, 0.2) is 24.3 Å². The van der Waals surface area contributed by atoms with Gasteiger partial charge >= 0.3 is 0 Å². The van der Waals surface area contributed by atoms with Gasteiger partial charge in [-0.2, -0.15) is 0 Å². The molecule has 1 aromatic carbocycles. The Morgan fingerprint density at radius 1 is 1.16 bits per heavy atom. The number of carbonyl (C=O) groups excluding carboxylic acids is 1. The number of ketones is 1. The molecule has 2 rings (SSSR count). The molecule has 1 saturated carbocycles. The van der Waals surface area contributed by atoms with Crippen LogP contribution in [0.2, 0.25) is 0 Å². The molecular weight excluding hydrogens is 241 g/mol. The zero-order valence-corrected chi connectivity index (χ0v) is 11.3. The molecule has 0 radical (unpaired) electrons. The summed E-state index contributed by atoms with van der Waals surface area (Å²) in [5, 5.41) is 0. The Labute approximate surface area is 114 Å². The van der Waals surface area contributed by atoms with Crippen molar-refractivity contribution >= 4 is 5.78 Å². The first kappa shape index (κ1) is 14.2. The Kier molecular flexibility index (Phi) is 4.70. The Bertz CT molecular complexity index is 421. The zero-order chi connectivity index (χ0) is 13.7. The number of halogens is 1.